The van der Waals surface area contributed by atoms with Crippen molar-refractivity contribution in [2.45, 2.75) is 36.2 Å². The van der Waals surface area contributed by atoms with Crippen molar-refractivity contribution in [2.75, 3.05) is 32.1 Å². The monoisotopic (exact) mass is 387 g/mol. The number of benzene rings is 1. The zero-order chi connectivity index (χ0) is 15.9. The van der Waals surface area contributed by atoms with Crippen LogP contribution in [0.25, 0.3) is 0 Å². The molecule has 5 nitrogen and oxygen atoms in total. The minimum atomic E-state index is -3.49. The van der Waals surface area contributed by atoms with E-state index in [1.54, 1.807) is 10.4 Å². The fourth-order valence-electron chi connectivity index (χ4n) is 3.41. The molecule has 2 heterocycles. The maximum atomic E-state index is 13.2. The highest BCUT2D eigenvalue weighted by atomic mass is 79.9. The van der Waals surface area contributed by atoms with Crippen LogP contribution in [-0.2, 0) is 10.0 Å². The van der Waals surface area contributed by atoms with Gasteiger partial charge in [0, 0.05) is 42.9 Å². The molecule has 122 valence electrons. The molecule has 3 rings (SSSR count). The van der Waals surface area contributed by atoms with Crippen molar-refractivity contribution in [3.8, 4) is 0 Å². The van der Waals surface area contributed by atoms with Crippen molar-refractivity contribution >= 4 is 31.6 Å². The van der Waals surface area contributed by atoms with Gasteiger partial charge >= 0.3 is 0 Å². The van der Waals surface area contributed by atoms with Crippen molar-refractivity contribution in [3.05, 3.63) is 22.7 Å². The third kappa shape index (κ3) is 2.79. The van der Waals surface area contributed by atoms with Gasteiger partial charge in [-0.1, -0.05) is 0 Å². The van der Waals surface area contributed by atoms with Crippen molar-refractivity contribution in [1.29, 1.82) is 0 Å². The zero-order valence-corrected chi connectivity index (χ0v) is 15.3. The lowest BCUT2D eigenvalue weighted by Gasteiger charge is -2.28. The van der Waals surface area contributed by atoms with Gasteiger partial charge in [0.05, 0.1) is 4.90 Å². The number of nitrogens with zero attached hydrogens (tertiary/aromatic N) is 2. The van der Waals surface area contributed by atoms with Gasteiger partial charge in [-0.3, -0.25) is 0 Å². The molecule has 2 fully saturated rings. The average Bonchev–Trinajstić information content (AvgIpc) is 2.72. The predicted octanol–water partition coefficient (Wildman–Crippen LogP) is 2.03. The van der Waals surface area contributed by atoms with Gasteiger partial charge in [-0.15, -0.1) is 0 Å². The van der Waals surface area contributed by atoms with Crippen LogP contribution < -0.4 is 10.2 Å². The summed E-state index contributed by atoms with van der Waals surface area (Å²) in [7, 11) is 0.344. The molecule has 22 heavy (non-hydrogen) atoms. The van der Waals surface area contributed by atoms with Crippen LogP contribution in [0.5, 0.6) is 0 Å². The number of fused-ring (bicyclic) bond motifs is 2. The molecule has 1 aromatic carbocycles. The van der Waals surface area contributed by atoms with E-state index in [1.165, 1.54) is 0 Å². The summed E-state index contributed by atoms with van der Waals surface area (Å²) in [6, 6.07) is 5.70. The maximum absolute atomic E-state index is 13.2. The van der Waals surface area contributed by atoms with Crippen molar-refractivity contribution in [2.24, 2.45) is 0 Å². The highest BCUT2D eigenvalue weighted by Gasteiger charge is 2.43. The fourth-order valence-corrected chi connectivity index (χ4v) is 6.26. The third-order valence-electron chi connectivity index (χ3n) is 4.57. The second-order valence-electron chi connectivity index (χ2n) is 6.22. The van der Waals surface area contributed by atoms with E-state index in [0.29, 0.717) is 9.37 Å². The van der Waals surface area contributed by atoms with Crippen LogP contribution in [0.1, 0.15) is 19.3 Å². The van der Waals surface area contributed by atoms with Gasteiger partial charge in [0.25, 0.3) is 0 Å². The van der Waals surface area contributed by atoms with Gasteiger partial charge in [0.1, 0.15) is 0 Å². The summed E-state index contributed by atoms with van der Waals surface area (Å²) >= 11 is 3.42. The molecule has 0 saturated carbocycles. The molecule has 2 aliphatic rings. The smallest absolute Gasteiger partial charge is 0.244 e. The average molecular weight is 388 g/mol. The predicted molar refractivity (Wildman–Crippen MR) is 91.8 cm³/mol. The Hall–Kier alpha value is -0.630. The van der Waals surface area contributed by atoms with Gasteiger partial charge in [-0.2, -0.15) is 4.31 Å². The molecular formula is C15H22BrN3O2S. The zero-order valence-electron chi connectivity index (χ0n) is 12.9. The summed E-state index contributed by atoms with van der Waals surface area (Å²) in [6.07, 6.45) is 2.80. The molecule has 7 heteroatoms. The molecule has 0 aromatic heterocycles. The van der Waals surface area contributed by atoms with Gasteiger partial charge in [-0.25, -0.2) is 8.42 Å². The molecule has 0 aliphatic carbocycles. The molecule has 2 unspecified atom stereocenters. The van der Waals surface area contributed by atoms with Crippen LogP contribution >= 0.6 is 15.9 Å². The number of nitrogens with one attached hydrogen (secondary N) is 1. The minimum Gasteiger partial charge on any atom is -0.378 e. The Morgan fingerprint density at radius 1 is 1.23 bits per heavy atom. The van der Waals surface area contributed by atoms with Gasteiger partial charge in [-0.05, 0) is 59.9 Å². The summed E-state index contributed by atoms with van der Waals surface area (Å²) in [5, 5.41) is 3.35. The number of hydrogen-bond donors (Lipinski definition) is 1. The number of halogens is 1. The molecular weight excluding hydrogens is 366 g/mol. The Bertz CT molecular complexity index is 649. The maximum Gasteiger partial charge on any atom is 0.244 e. The Labute approximate surface area is 140 Å². The van der Waals surface area contributed by atoms with E-state index in [2.05, 4.69) is 21.2 Å². The first-order valence-electron chi connectivity index (χ1n) is 7.62. The van der Waals surface area contributed by atoms with Crippen LogP contribution in [-0.4, -0.2) is 52.0 Å². The van der Waals surface area contributed by atoms with Crippen LogP contribution in [0.15, 0.2) is 27.6 Å². The van der Waals surface area contributed by atoms with Crippen LogP contribution in [0, 0.1) is 0 Å². The first-order valence-corrected chi connectivity index (χ1v) is 9.85. The number of hydrogen-bond acceptors (Lipinski definition) is 4. The van der Waals surface area contributed by atoms with Gasteiger partial charge in [0.2, 0.25) is 10.0 Å². The Morgan fingerprint density at radius 3 is 2.68 bits per heavy atom. The minimum absolute atomic E-state index is 0.0763. The third-order valence-corrected chi connectivity index (χ3v) is 7.57. The topological polar surface area (TPSA) is 52.7 Å². The summed E-state index contributed by atoms with van der Waals surface area (Å²) < 4.78 is 28.9. The normalized spacial score (nSPS) is 26.0. The molecule has 1 aromatic rings. The van der Waals surface area contributed by atoms with E-state index in [0.717, 1.165) is 38.0 Å². The van der Waals surface area contributed by atoms with Crippen LogP contribution in [0.2, 0.25) is 0 Å². The quantitative estimate of drug-likeness (QED) is 0.861. The van der Waals surface area contributed by atoms with Gasteiger partial charge < -0.3 is 10.2 Å². The van der Waals surface area contributed by atoms with Crippen LogP contribution in [0.4, 0.5) is 5.69 Å². The SMILES string of the molecule is CN(C)c1ccc(Br)c(S(=O)(=O)N2C3CCNCC2CC3)c1. The van der Waals surface area contributed by atoms with E-state index in [-0.39, 0.29) is 12.1 Å². The highest BCUT2D eigenvalue weighted by molar-refractivity contribution is 9.10. The van der Waals surface area contributed by atoms with E-state index in [4.69, 9.17) is 0 Å². The molecule has 0 spiro atoms. The van der Waals surface area contributed by atoms with Gasteiger partial charge in [0.15, 0.2) is 0 Å². The second-order valence-corrected chi connectivity index (χ2v) is 8.89. The second kappa shape index (κ2) is 6.11. The first kappa shape index (κ1) is 16.2. The van der Waals surface area contributed by atoms with E-state index in [1.807, 2.05) is 31.1 Å². The first-order chi connectivity index (χ1) is 10.4. The summed E-state index contributed by atoms with van der Waals surface area (Å²) in [5.41, 5.74) is 0.891. The number of anilines is 1. The molecule has 0 amide bonds. The molecule has 1 N–H and O–H groups in total. The molecule has 2 aliphatic heterocycles. The number of rotatable bonds is 3. The van der Waals surface area contributed by atoms with Crippen LogP contribution in [0.3, 0.4) is 0 Å². The highest BCUT2D eigenvalue weighted by Crippen LogP contribution is 2.37. The van der Waals surface area contributed by atoms with E-state index in [9.17, 15) is 8.42 Å². The lowest BCUT2D eigenvalue weighted by atomic mass is 10.1. The van der Waals surface area contributed by atoms with E-state index >= 15 is 0 Å². The number of sulfonamides is 1. The largest absolute Gasteiger partial charge is 0.378 e. The van der Waals surface area contributed by atoms with Crippen molar-refractivity contribution in [1.82, 2.24) is 9.62 Å². The lowest BCUT2D eigenvalue weighted by molar-refractivity contribution is 0.334. The summed E-state index contributed by atoms with van der Waals surface area (Å²) in [6.45, 7) is 1.65. The molecule has 2 bridgehead atoms. The Kier molecular flexibility index (Phi) is 4.51. The summed E-state index contributed by atoms with van der Waals surface area (Å²) in [5.74, 6) is 0. The van der Waals surface area contributed by atoms with Crippen molar-refractivity contribution in [3.63, 3.8) is 0 Å². The van der Waals surface area contributed by atoms with E-state index < -0.39 is 10.0 Å². The fraction of sp³-hybridized carbons (Fsp3) is 0.600. The molecule has 0 radical (unpaired) electrons. The standard InChI is InChI=1S/C15H22BrN3O2S/c1-18(2)12-5-6-14(16)15(9-12)22(20,21)19-11-3-4-13(19)10-17-8-7-11/h5-6,9,11,13,17H,3-4,7-8,10H2,1-2H3. The summed E-state index contributed by atoms with van der Waals surface area (Å²) in [4.78, 5) is 2.29. The molecule has 2 atom stereocenters. The molecule has 2 saturated heterocycles. The van der Waals surface area contributed by atoms with Crippen molar-refractivity contribution < 1.29 is 8.42 Å². The Balaban J connectivity index is 2.04. The Morgan fingerprint density at radius 2 is 1.95 bits per heavy atom. The lowest BCUT2D eigenvalue weighted by Crippen LogP contribution is -2.42.